The zero-order valence-corrected chi connectivity index (χ0v) is 9.43. The molecule has 4 heteroatoms. The van der Waals surface area contributed by atoms with Gasteiger partial charge >= 0.3 is 0 Å². The molecule has 1 aliphatic rings. The normalized spacial score (nSPS) is 23.6. The molecule has 0 spiro atoms. The molecule has 0 saturated carbocycles. The molecule has 1 unspecified atom stereocenters. The van der Waals surface area contributed by atoms with Crippen LogP contribution in [0.4, 0.5) is 0 Å². The minimum Gasteiger partial charge on any atom is -0.395 e. The van der Waals surface area contributed by atoms with Crippen LogP contribution in [0.25, 0.3) is 0 Å². The van der Waals surface area contributed by atoms with Crippen LogP contribution < -0.4 is 5.73 Å². The number of hydrogen-bond acceptors (Lipinski definition) is 3. The summed E-state index contributed by atoms with van der Waals surface area (Å²) in [6, 6.07) is 0.370. The second-order valence-corrected chi connectivity index (χ2v) is 4.46. The van der Waals surface area contributed by atoms with Crippen LogP contribution in [0.1, 0.15) is 32.1 Å². The lowest BCUT2D eigenvalue weighted by molar-refractivity contribution is 0.0898. The number of aliphatic hydroxyl groups excluding tert-OH is 1. The highest BCUT2D eigenvalue weighted by atomic mass is 32.1. The van der Waals surface area contributed by atoms with Crippen LogP contribution in [0.3, 0.4) is 0 Å². The maximum Gasteiger partial charge on any atom is 0.0727 e. The molecule has 0 aliphatic carbocycles. The van der Waals surface area contributed by atoms with Gasteiger partial charge in [-0.1, -0.05) is 18.6 Å². The quantitative estimate of drug-likeness (QED) is 0.670. The van der Waals surface area contributed by atoms with Gasteiger partial charge in [0.05, 0.1) is 11.6 Å². The Morgan fingerprint density at radius 1 is 1.50 bits per heavy atom. The lowest BCUT2D eigenvalue weighted by atomic mass is 10.0. The molecule has 1 saturated heterocycles. The summed E-state index contributed by atoms with van der Waals surface area (Å²) in [6.07, 6.45) is 5.47. The first-order valence-corrected chi connectivity index (χ1v) is 5.78. The van der Waals surface area contributed by atoms with E-state index in [1.165, 1.54) is 12.8 Å². The molecule has 0 bridgehead atoms. The Morgan fingerprint density at radius 2 is 2.29 bits per heavy atom. The van der Waals surface area contributed by atoms with Crippen molar-refractivity contribution in [1.82, 2.24) is 4.90 Å². The molecule has 14 heavy (non-hydrogen) atoms. The van der Waals surface area contributed by atoms with Gasteiger partial charge in [-0.3, -0.25) is 4.90 Å². The summed E-state index contributed by atoms with van der Waals surface area (Å²) in [5.41, 5.74) is 5.44. The highest BCUT2D eigenvalue weighted by molar-refractivity contribution is 7.80. The van der Waals surface area contributed by atoms with Gasteiger partial charge in [-0.05, 0) is 38.8 Å². The maximum atomic E-state index is 9.18. The third-order valence-electron chi connectivity index (χ3n) is 2.83. The number of nitrogens with zero attached hydrogens (tertiary/aromatic N) is 1. The second kappa shape index (κ2) is 6.32. The molecule has 0 aromatic rings. The molecule has 82 valence electrons. The summed E-state index contributed by atoms with van der Waals surface area (Å²) in [5, 5.41) is 9.18. The van der Waals surface area contributed by atoms with Crippen molar-refractivity contribution in [2.45, 2.75) is 38.1 Å². The predicted octanol–water partition coefficient (Wildman–Crippen LogP) is 0.899. The minimum atomic E-state index is 0.285. The van der Waals surface area contributed by atoms with Gasteiger partial charge in [-0.25, -0.2) is 0 Å². The van der Waals surface area contributed by atoms with Crippen molar-refractivity contribution in [3.8, 4) is 0 Å². The molecule has 0 aromatic heterocycles. The third-order valence-corrected chi connectivity index (χ3v) is 3.03. The lowest BCUT2D eigenvalue weighted by Crippen LogP contribution is -2.42. The Hall–Kier alpha value is -0.190. The summed E-state index contributed by atoms with van der Waals surface area (Å²) in [6.45, 7) is 2.41. The number of piperidine rings is 1. The number of rotatable bonds is 5. The molecule has 1 atom stereocenters. The molecule has 0 amide bonds. The molecule has 1 aliphatic heterocycles. The van der Waals surface area contributed by atoms with Gasteiger partial charge in [0.1, 0.15) is 0 Å². The first-order chi connectivity index (χ1) is 6.74. The SMILES string of the molecule is NC(=S)CCCN1CCCCC1CO. The summed E-state index contributed by atoms with van der Waals surface area (Å²) >= 11 is 4.83. The number of aliphatic hydroxyl groups is 1. The van der Waals surface area contributed by atoms with Crippen LogP contribution >= 0.6 is 12.2 Å². The highest BCUT2D eigenvalue weighted by Crippen LogP contribution is 2.16. The van der Waals surface area contributed by atoms with Gasteiger partial charge in [0.25, 0.3) is 0 Å². The molecular formula is C10H20N2OS. The van der Waals surface area contributed by atoms with Crippen molar-refractivity contribution in [2.75, 3.05) is 19.7 Å². The first kappa shape index (κ1) is 11.9. The molecule has 1 heterocycles. The molecule has 0 aromatic carbocycles. The minimum absolute atomic E-state index is 0.285. The summed E-state index contributed by atoms with van der Waals surface area (Å²) in [5.74, 6) is 0. The van der Waals surface area contributed by atoms with Crippen molar-refractivity contribution in [3.05, 3.63) is 0 Å². The molecule has 1 rings (SSSR count). The molecule has 3 nitrogen and oxygen atoms in total. The number of hydrogen-bond donors (Lipinski definition) is 2. The fourth-order valence-electron chi connectivity index (χ4n) is 2.02. The Morgan fingerprint density at radius 3 is 2.93 bits per heavy atom. The third kappa shape index (κ3) is 3.90. The van der Waals surface area contributed by atoms with Crippen molar-refractivity contribution in [2.24, 2.45) is 5.73 Å². The van der Waals surface area contributed by atoms with Crippen LogP contribution in [0.2, 0.25) is 0 Å². The Kier molecular flexibility index (Phi) is 5.37. The molecule has 3 N–H and O–H groups in total. The van der Waals surface area contributed by atoms with Crippen LogP contribution in [-0.2, 0) is 0 Å². The predicted molar refractivity (Wildman–Crippen MR) is 62.3 cm³/mol. The Labute approximate surface area is 91.3 Å². The van der Waals surface area contributed by atoms with Crippen molar-refractivity contribution < 1.29 is 5.11 Å². The van der Waals surface area contributed by atoms with Crippen molar-refractivity contribution >= 4 is 17.2 Å². The van der Waals surface area contributed by atoms with E-state index in [4.69, 9.17) is 18.0 Å². The average molecular weight is 216 g/mol. The van der Waals surface area contributed by atoms with Crippen molar-refractivity contribution in [1.29, 1.82) is 0 Å². The molecule has 0 radical (unpaired) electrons. The van der Waals surface area contributed by atoms with E-state index in [2.05, 4.69) is 4.90 Å². The topological polar surface area (TPSA) is 49.5 Å². The largest absolute Gasteiger partial charge is 0.395 e. The van der Waals surface area contributed by atoms with Crippen LogP contribution in [0.15, 0.2) is 0 Å². The summed E-state index contributed by atoms with van der Waals surface area (Å²) in [4.78, 5) is 2.96. The van der Waals surface area contributed by atoms with Gasteiger partial charge in [0.15, 0.2) is 0 Å². The van der Waals surface area contributed by atoms with E-state index < -0.39 is 0 Å². The van der Waals surface area contributed by atoms with Gasteiger partial charge in [-0.2, -0.15) is 0 Å². The van der Waals surface area contributed by atoms with E-state index in [0.717, 1.165) is 32.4 Å². The highest BCUT2D eigenvalue weighted by Gasteiger charge is 2.20. The van der Waals surface area contributed by atoms with E-state index in [1.807, 2.05) is 0 Å². The van der Waals surface area contributed by atoms with Gasteiger partial charge in [0.2, 0.25) is 0 Å². The van der Waals surface area contributed by atoms with Crippen LogP contribution in [0, 0.1) is 0 Å². The zero-order valence-electron chi connectivity index (χ0n) is 8.61. The fraction of sp³-hybridized carbons (Fsp3) is 0.900. The lowest BCUT2D eigenvalue weighted by Gasteiger charge is -2.34. The van der Waals surface area contributed by atoms with Gasteiger partial charge in [-0.15, -0.1) is 0 Å². The van der Waals surface area contributed by atoms with Gasteiger partial charge in [0, 0.05) is 6.04 Å². The van der Waals surface area contributed by atoms with Crippen LogP contribution in [0.5, 0.6) is 0 Å². The van der Waals surface area contributed by atoms with Crippen molar-refractivity contribution in [3.63, 3.8) is 0 Å². The van der Waals surface area contributed by atoms with E-state index in [0.29, 0.717) is 11.0 Å². The van der Waals surface area contributed by atoms with Crippen LogP contribution in [-0.4, -0.2) is 40.7 Å². The Balaban J connectivity index is 2.22. The fourth-order valence-corrected chi connectivity index (χ4v) is 2.16. The summed E-state index contributed by atoms with van der Waals surface area (Å²) in [7, 11) is 0. The van der Waals surface area contributed by atoms with E-state index in [1.54, 1.807) is 0 Å². The first-order valence-electron chi connectivity index (χ1n) is 5.37. The molecule has 1 fully saturated rings. The number of likely N-dealkylation sites (tertiary alicyclic amines) is 1. The van der Waals surface area contributed by atoms with E-state index in [-0.39, 0.29) is 6.61 Å². The number of nitrogens with two attached hydrogens (primary N) is 1. The monoisotopic (exact) mass is 216 g/mol. The standard InChI is InChI=1S/C10H20N2OS/c11-10(14)5-3-7-12-6-2-1-4-9(12)8-13/h9,13H,1-8H2,(H2,11,14). The van der Waals surface area contributed by atoms with E-state index >= 15 is 0 Å². The second-order valence-electron chi connectivity index (χ2n) is 3.94. The average Bonchev–Trinajstić information content (AvgIpc) is 2.18. The Bertz CT molecular complexity index is 187. The molecular weight excluding hydrogens is 196 g/mol. The van der Waals surface area contributed by atoms with E-state index in [9.17, 15) is 5.11 Å². The summed E-state index contributed by atoms with van der Waals surface area (Å²) < 4.78 is 0. The zero-order chi connectivity index (χ0) is 10.4. The smallest absolute Gasteiger partial charge is 0.0727 e. The van der Waals surface area contributed by atoms with Gasteiger partial charge < -0.3 is 10.8 Å². The maximum absolute atomic E-state index is 9.18. The number of thiocarbonyl (C=S) groups is 1.